The van der Waals surface area contributed by atoms with E-state index in [9.17, 15) is 9.59 Å². The minimum absolute atomic E-state index is 0.134. The van der Waals surface area contributed by atoms with Crippen molar-refractivity contribution in [3.63, 3.8) is 0 Å². The lowest BCUT2D eigenvalue weighted by atomic mass is 9.84. The lowest BCUT2D eigenvalue weighted by molar-refractivity contribution is -0.125. The fraction of sp³-hybridized carbons (Fsp3) is 0.565. The van der Waals surface area contributed by atoms with Gasteiger partial charge in [-0.3, -0.25) is 4.79 Å². The van der Waals surface area contributed by atoms with Gasteiger partial charge in [-0.15, -0.1) is 0 Å². The molecule has 2 heterocycles. The quantitative estimate of drug-likeness (QED) is 0.719. The lowest BCUT2D eigenvalue weighted by Crippen LogP contribution is -2.42. The molecule has 6 heteroatoms. The summed E-state index contributed by atoms with van der Waals surface area (Å²) < 4.78 is 12.7. The summed E-state index contributed by atoms with van der Waals surface area (Å²) >= 11 is 0. The number of hydrogen-bond donors (Lipinski definition) is 1. The van der Waals surface area contributed by atoms with Gasteiger partial charge in [-0.1, -0.05) is 6.42 Å². The van der Waals surface area contributed by atoms with Crippen LogP contribution in [0.1, 0.15) is 60.1 Å². The zero-order valence-electron chi connectivity index (χ0n) is 17.4. The SMILES string of the molecule is Cc1cc(C(=O)OCC(=O)NC(C)C2CC3CCC2C3)c(C)n1Cc1ccco1. The Labute approximate surface area is 171 Å². The topological polar surface area (TPSA) is 73.5 Å². The average Bonchev–Trinajstić information content (AvgIpc) is 3.48. The molecule has 4 atom stereocenters. The first kappa shape index (κ1) is 19.8. The molecule has 2 bridgehead atoms. The van der Waals surface area contributed by atoms with E-state index in [1.165, 1.54) is 25.7 Å². The summed E-state index contributed by atoms with van der Waals surface area (Å²) in [6, 6.07) is 5.68. The normalized spacial score (nSPS) is 23.9. The maximum absolute atomic E-state index is 12.5. The number of carbonyl (C=O) groups excluding carboxylic acids is 2. The molecule has 0 spiro atoms. The molecular weight excluding hydrogens is 368 g/mol. The lowest BCUT2D eigenvalue weighted by Gasteiger charge is -2.28. The Kier molecular flexibility index (Phi) is 5.52. The van der Waals surface area contributed by atoms with Crippen molar-refractivity contribution < 1.29 is 18.7 Å². The van der Waals surface area contributed by atoms with Gasteiger partial charge in [0.25, 0.3) is 5.91 Å². The summed E-state index contributed by atoms with van der Waals surface area (Å²) in [7, 11) is 0. The second-order valence-corrected chi connectivity index (χ2v) is 8.72. The summed E-state index contributed by atoms with van der Waals surface area (Å²) in [5.41, 5.74) is 2.24. The van der Waals surface area contributed by atoms with Gasteiger partial charge in [-0.25, -0.2) is 4.79 Å². The van der Waals surface area contributed by atoms with Gasteiger partial charge in [-0.2, -0.15) is 0 Å². The highest BCUT2D eigenvalue weighted by atomic mass is 16.5. The molecule has 2 aromatic heterocycles. The predicted octanol–water partition coefficient (Wildman–Crippen LogP) is 3.84. The number of fused-ring (bicyclic) bond motifs is 2. The van der Waals surface area contributed by atoms with Crippen LogP contribution in [0.15, 0.2) is 28.9 Å². The standard InChI is InChI=1S/C23H30N2O4/c1-14-9-21(16(3)25(14)12-19-5-4-8-28-19)23(27)29-13-22(26)24-15(2)20-11-17-6-7-18(20)10-17/h4-5,8-9,15,17-18,20H,6-7,10-13H2,1-3H3,(H,24,26). The van der Waals surface area contributed by atoms with E-state index in [1.54, 1.807) is 12.3 Å². The second kappa shape index (κ2) is 8.09. The van der Waals surface area contributed by atoms with Crippen molar-refractivity contribution >= 4 is 11.9 Å². The van der Waals surface area contributed by atoms with E-state index < -0.39 is 5.97 Å². The average molecular weight is 399 g/mol. The largest absolute Gasteiger partial charge is 0.467 e. The Morgan fingerprint density at radius 3 is 2.79 bits per heavy atom. The minimum atomic E-state index is -0.466. The first-order valence-electron chi connectivity index (χ1n) is 10.6. The number of amides is 1. The smallest absolute Gasteiger partial charge is 0.340 e. The Morgan fingerprint density at radius 2 is 2.14 bits per heavy atom. The molecule has 4 rings (SSSR count). The van der Waals surface area contributed by atoms with Crippen molar-refractivity contribution in [1.82, 2.24) is 9.88 Å². The number of carbonyl (C=O) groups is 2. The number of aryl methyl sites for hydroxylation is 1. The molecule has 2 aliphatic carbocycles. The van der Waals surface area contributed by atoms with Crippen molar-refractivity contribution in [3.05, 3.63) is 47.2 Å². The van der Waals surface area contributed by atoms with Crippen LogP contribution in [0.25, 0.3) is 0 Å². The summed E-state index contributed by atoms with van der Waals surface area (Å²) in [6.45, 7) is 6.21. The molecule has 1 N–H and O–H groups in total. The van der Waals surface area contributed by atoms with Crippen LogP contribution in [0.4, 0.5) is 0 Å². The van der Waals surface area contributed by atoms with Crippen LogP contribution in [0.2, 0.25) is 0 Å². The van der Waals surface area contributed by atoms with Crippen LogP contribution in [0.3, 0.4) is 0 Å². The van der Waals surface area contributed by atoms with Crippen molar-refractivity contribution in [3.8, 4) is 0 Å². The molecule has 156 valence electrons. The van der Waals surface area contributed by atoms with Crippen molar-refractivity contribution in [2.75, 3.05) is 6.61 Å². The first-order valence-corrected chi connectivity index (χ1v) is 10.6. The molecule has 2 aliphatic rings. The third-order valence-electron chi connectivity index (χ3n) is 6.85. The Morgan fingerprint density at radius 1 is 1.31 bits per heavy atom. The molecular formula is C23H30N2O4. The molecule has 0 aliphatic heterocycles. The number of aromatic nitrogens is 1. The fourth-order valence-electron chi connectivity index (χ4n) is 5.33. The minimum Gasteiger partial charge on any atom is -0.467 e. The van der Waals surface area contributed by atoms with Gasteiger partial charge in [-0.05, 0) is 76.0 Å². The number of nitrogens with zero attached hydrogens (tertiary/aromatic N) is 1. The molecule has 2 saturated carbocycles. The van der Waals surface area contributed by atoms with Gasteiger partial charge in [0.1, 0.15) is 5.76 Å². The van der Waals surface area contributed by atoms with E-state index in [0.717, 1.165) is 29.0 Å². The van der Waals surface area contributed by atoms with Gasteiger partial charge in [0.15, 0.2) is 6.61 Å². The van der Waals surface area contributed by atoms with Crippen molar-refractivity contribution in [2.24, 2.45) is 17.8 Å². The summed E-state index contributed by atoms with van der Waals surface area (Å²) in [6.07, 6.45) is 6.80. The maximum Gasteiger partial charge on any atom is 0.340 e. The zero-order valence-corrected chi connectivity index (χ0v) is 17.4. The zero-order chi connectivity index (χ0) is 20.5. The predicted molar refractivity (Wildman–Crippen MR) is 109 cm³/mol. The Balaban J connectivity index is 1.31. The van der Waals surface area contributed by atoms with Crippen molar-refractivity contribution in [2.45, 2.75) is 59.0 Å². The highest BCUT2D eigenvalue weighted by Crippen LogP contribution is 2.49. The molecule has 0 radical (unpaired) electrons. The van der Waals surface area contributed by atoms with E-state index in [0.29, 0.717) is 18.0 Å². The highest BCUT2D eigenvalue weighted by molar-refractivity contribution is 5.92. The van der Waals surface area contributed by atoms with Crippen LogP contribution in [-0.2, 0) is 16.1 Å². The molecule has 1 amide bonds. The van der Waals surface area contributed by atoms with Gasteiger partial charge in [0.2, 0.25) is 0 Å². The van der Waals surface area contributed by atoms with Crippen LogP contribution in [0, 0.1) is 31.6 Å². The second-order valence-electron chi connectivity index (χ2n) is 8.72. The number of esters is 1. The van der Waals surface area contributed by atoms with E-state index >= 15 is 0 Å². The molecule has 0 saturated heterocycles. The maximum atomic E-state index is 12.5. The van der Waals surface area contributed by atoms with Gasteiger partial charge >= 0.3 is 5.97 Å². The number of furan rings is 1. The van der Waals surface area contributed by atoms with Gasteiger partial charge in [0, 0.05) is 17.4 Å². The number of rotatable bonds is 7. The summed E-state index contributed by atoms with van der Waals surface area (Å²) in [5.74, 6) is 2.29. The molecule has 2 fully saturated rings. The molecule has 29 heavy (non-hydrogen) atoms. The molecule has 4 unspecified atom stereocenters. The van der Waals surface area contributed by atoms with E-state index in [1.807, 2.05) is 30.5 Å². The van der Waals surface area contributed by atoms with Crippen molar-refractivity contribution in [1.29, 1.82) is 0 Å². The Hall–Kier alpha value is -2.50. The summed E-state index contributed by atoms with van der Waals surface area (Å²) in [4.78, 5) is 24.9. The molecule has 6 nitrogen and oxygen atoms in total. The Bertz CT molecular complexity index is 883. The van der Waals surface area contributed by atoms with E-state index in [2.05, 4.69) is 12.2 Å². The van der Waals surface area contributed by atoms with Crippen LogP contribution < -0.4 is 5.32 Å². The monoisotopic (exact) mass is 398 g/mol. The third-order valence-corrected chi connectivity index (χ3v) is 6.85. The van der Waals surface area contributed by atoms with Crippen LogP contribution in [0.5, 0.6) is 0 Å². The van der Waals surface area contributed by atoms with E-state index in [4.69, 9.17) is 9.15 Å². The van der Waals surface area contributed by atoms with Crippen LogP contribution in [-0.4, -0.2) is 29.1 Å². The molecule has 0 aromatic carbocycles. The first-order chi connectivity index (χ1) is 13.9. The fourth-order valence-corrected chi connectivity index (χ4v) is 5.33. The third kappa shape index (κ3) is 4.11. The highest BCUT2D eigenvalue weighted by Gasteiger charge is 2.42. The number of hydrogen-bond acceptors (Lipinski definition) is 4. The van der Waals surface area contributed by atoms with Gasteiger partial charge in [0.05, 0.1) is 18.4 Å². The summed E-state index contributed by atoms with van der Waals surface area (Å²) in [5, 5.41) is 3.04. The van der Waals surface area contributed by atoms with Crippen LogP contribution >= 0.6 is 0 Å². The molecule has 2 aromatic rings. The van der Waals surface area contributed by atoms with E-state index in [-0.39, 0.29) is 18.6 Å². The van der Waals surface area contributed by atoms with Gasteiger partial charge < -0.3 is 19.0 Å². The number of ether oxygens (including phenoxy) is 1. The number of nitrogens with one attached hydrogen (secondary N) is 1.